The first-order valence-corrected chi connectivity index (χ1v) is 8.86. The average Bonchev–Trinajstić information content (AvgIpc) is 2.56. The number of unbranched alkanes of at least 4 members (excludes halogenated alkanes) is 9. The van der Waals surface area contributed by atoms with Crippen LogP contribution in [0.3, 0.4) is 0 Å². The van der Waals surface area contributed by atoms with Crippen molar-refractivity contribution in [1.29, 1.82) is 0 Å². The molecule has 4 heteroatoms. The van der Waals surface area contributed by atoms with Gasteiger partial charge in [-0.2, -0.15) is 0 Å². The average molecular weight is 322 g/mol. The van der Waals surface area contributed by atoms with Gasteiger partial charge < -0.3 is 9.99 Å². The number of rotatable bonds is 13. The normalized spacial score (nSPS) is 10.7. The van der Waals surface area contributed by atoms with Gasteiger partial charge in [0.2, 0.25) is 0 Å². The number of carbonyl (C=O) groups is 1. The molecule has 0 atom stereocenters. The first-order chi connectivity index (χ1) is 11.2. The smallest absolute Gasteiger partial charge is 0.339 e. The molecule has 0 unspecified atom stereocenters. The molecule has 1 aromatic rings. The molecule has 1 aromatic carbocycles. The van der Waals surface area contributed by atoms with Gasteiger partial charge in [-0.25, -0.2) is 10.1 Å². The summed E-state index contributed by atoms with van der Waals surface area (Å²) in [6.07, 6.45) is 13.8. The lowest BCUT2D eigenvalue weighted by Crippen LogP contribution is -2.01. The predicted molar refractivity (Wildman–Crippen MR) is 92.2 cm³/mol. The molecule has 0 radical (unpaired) electrons. The largest absolute Gasteiger partial charge is 0.478 e. The second-order valence-electron chi connectivity index (χ2n) is 6.16. The molecule has 0 aromatic heterocycles. The summed E-state index contributed by atoms with van der Waals surface area (Å²) in [4.78, 5) is 15.1. The quantitative estimate of drug-likeness (QED) is 0.278. The molecule has 0 spiro atoms. The highest BCUT2D eigenvalue weighted by Gasteiger charge is 2.12. The van der Waals surface area contributed by atoms with Crippen molar-refractivity contribution in [2.45, 2.75) is 77.6 Å². The minimum absolute atomic E-state index is 0.0145. The third-order valence-electron chi connectivity index (χ3n) is 4.19. The zero-order valence-corrected chi connectivity index (χ0v) is 14.2. The highest BCUT2D eigenvalue weighted by atomic mass is 17.1. The van der Waals surface area contributed by atoms with E-state index in [0.717, 1.165) is 18.4 Å². The van der Waals surface area contributed by atoms with E-state index < -0.39 is 5.97 Å². The molecule has 23 heavy (non-hydrogen) atoms. The fourth-order valence-corrected chi connectivity index (χ4v) is 2.79. The summed E-state index contributed by atoms with van der Waals surface area (Å²) in [5.74, 6) is -1.08. The van der Waals surface area contributed by atoms with E-state index in [0.29, 0.717) is 0 Å². The molecular weight excluding hydrogens is 292 g/mol. The molecule has 0 heterocycles. The lowest BCUT2D eigenvalue weighted by atomic mass is 10.0. The maximum absolute atomic E-state index is 10.9. The molecule has 0 bridgehead atoms. The van der Waals surface area contributed by atoms with Crippen molar-refractivity contribution < 1.29 is 20.0 Å². The second kappa shape index (κ2) is 11.9. The topological polar surface area (TPSA) is 66.8 Å². The van der Waals surface area contributed by atoms with Crippen LogP contribution in [-0.2, 0) is 6.42 Å². The zero-order chi connectivity index (χ0) is 16.9. The Bertz CT molecular complexity index is 457. The van der Waals surface area contributed by atoms with Crippen molar-refractivity contribution in [3.8, 4) is 5.75 Å². The maximum Gasteiger partial charge on any atom is 0.339 e. The SMILES string of the molecule is CCCCCCCCCCCCc1ccc(C(=O)O)c(OO)c1. The van der Waals surface area contributed by atoms with E-state index >= 15 is 0 Å². The molecule has 0 saturated heterocycles. The van der Waals surface area contributed by atoms with Crippen LogP contribution in [0.4, 0.5) is 0 Å². The van der Waals surface area contributed by atoms with Gasteiger partial charge in [0.05, 0.1) is 0 Å². The number of carboxylic acids is 1. The summed E-state index contributed by atoms with van der Waals surface area (Å²) in [5, 5.41) is 17.7. The maximum atomic E-state index is 10.9. The van der Waals surface area contributed by atoms with Crippen LogP contribution in [0.5, 0.6) is 5.75 Å². The lowest BCUT2D eigenvalue weighted by Gasteiger charge is -2.06. The van der Waals surface area contributed by atoms with Crippen molar-refractivity contribution in [3.63, 3.8) is 0 Å². The molecule has 0 aliphatic heterocycles. The first kappa shape index (κ1) is 19.5. The van der Waals surface area contributed by atoms with E-state index in [4.69, 9.17) is 10.4 Å². The predicted octanol–water partition coefficient (Wildman–Crippen LogP) is 5.70. The molecule has 130 valence electrons. The van der Waals surface area contributed by atoms with Crippen LogP contribution in [0.1, 0.15) is 87.1 Å². The third kappa shape index (κ3) is 8.03. The molecule has 2 N–H and O–H groups in total. The summed E-state index contributed by atoms with van der Waals surface area (Å²) in [5.41, 5.74) is 0.984. The number of benzene rings is 1. The number of aryl methyl sites for hydroxylation is 1. The van der Waals surface area contributed by atoms with Gasteiger partial charge in [-0.3, -0.25) is 0 Å². The summed E-state index contributed by atoms with van der Waals surface area (Å²) in [6.45, 7) is 2.24. The Morgan fingerprint density at radius 1 is 0.957 bits per heavy atom. The van der Waals surface area contributed by atoms with Gasteiger partial charge in [0.25, 0.3) is 0 Å². The van der Waals surface area contributed by atoms with Crippen molar-refractivity contribution in [2.24, 2.45) is 0 Å². The fraction of sp³-hybridized carbons (Fsp3) is 0.632. The van der Waals surface area contributed by atoms with E-state index in [1.807, 2.05) is 0 Å². The third-order valence-corrected chi connectivity index (χ3v) is 4.19. The number of carboxylic acid groups (broad SMARTS) is 1. The van der Waals surface area contributed by atoms with Crippen LogP contribution < -0.4 is 4.89 Å². The lowest BCUT2D eigenvalue weighted by molar-refractivity contribution is -0.138. The second-order valence-corrected chi connectivity index (χ2v) is 6.16. The van der Waals surface area contributed by atoms with Crippen molar-refractivity contribution in [1.82, 2.24) is 0 Å². The van der Waals surface area contributed by atoms with Crippen molar-refractivity contribution in [3.05, 3.63) is 29.3 Å². The highest BCUT2D eigenvalue weighted by molar-refractivity contribution is 5.90. The van der Waals surface area contributed by atoms with Crippen LogP contribution >= 0.6 is 0 Å². The van der Waals surface area contributed by atoms with Gasteiger partial charge in [-0.05, 0) is 30.5 Å². The standard InChI is InChI=1S/C19H30O4/c1-2-3-4-5-6-7-8-9-10-11-12-16-13-14-17(19(20)21)18(15-16)23-22/h13-15,22H,2-12H2,1H3,(H,20,21). The van der Waals surface area contributed by atoms with Crippen molar-refractivity contribution >= 4 is 5.97 Å². The van der Waals surface area contributed by atoms with Crippen LogP contribution in [0.25, 0.3) is 0 Å². The van der Waals surface area contributed by atoms with E-state index in [2.05, 4.69) is 11.8 Å². The van der Waals surface area contributed by atoms with Crippen LogP contribution in [-0.4, -0.2) is 16.3 Å². The number of aromatic carboxylic acids is 1. The fourth-order valence-electron chi connectivity index (χ4n) is 2.79. The van der Waals surface area contributed by atoms with Gasteiger partial charge >= 0.3 is 5.97 Å². The number of hydrogen-bond acceptors (Lipinski definition) is 3. The van der Waals surface area contributed by atoms with Crippen LogP contribution in [0.2, 0.25) is 0 Å². The van der Waals surface area contributed by atoms with Gasteiger partial charge in [0.15, 0.2) is 5.75 Å². The molecule has 4 nitrogen and oxygen atoms in total. The molecule has 0 aliphatic carbocycles. The van der Waals surface area contributed by atoms with E-state index in [9.17, 15) is 4.79 Å². The van der Waals surface area contributed by atoms with E-state index in [-0.39, 0.29) is 11.3 Å². The molecule has 0 saturated carbocycles. The van der Waals surface area contributed by atoms with Gasteiger partial charge in [0.1, 0.15) is 5.56 Å². The Balaban J connectivity index is 2.15. The van der Waals surface area contributed by atoms with Crippen LogP contribution in [0, 0.1) is 0 Å². The molecular formula is C19H30O4. The molecule has 1 rings (SSSR count). The van der Waals surface area contributed by atoms with Crippen LogP contribution in [0.15, 0.2) is 18.2 Å². The Labute approximate surface area is 139 Å². The van der Waals surface area contributed by atoms with E-state index in [1.54, 1.807) is 12.1 Å². The Morgan fingerprint density at radius 2 is 1.52 bits per heavy atom. The minimum Gasteiger partial charge on any atom is -0.478 e. The number of hydrogen-bond donors (Lipinski definition) is 2. The van der Waals surface area contributed by atoms with Gasteiger partial charge in [-0.15, -0.1) is 0 Å². The van der Waals surface area contributed by atoms with Crippen molar-refractivity contribution in [2.75, 3.05) is 0 Å². The summed E-state index contributed by atoms with van der Waals surface area (Å²) < 4.78 is 0. The summed E-state index contributed by atoms with van der Waals surface area (Å²) in [7, 11) is 0. The molecule has 0 fully saturated rings. The van der Waals surface area contributed by atoms with Gasteiger partial charge in [-0.1, -0.05) is 70.8 Å². The Kier molecular flexibility index (Phi) is 10.1. The summed E-state index contributed by atoms with van der Waals surface area (Å²) >= 11 is 0. The highest BCUT2D eigenvalue weighted by Crippen LogP contribution is 2.21. The Morgan fingerprint density at radius 3 is 2.04 bits per heavy atom. The van der Waals surface area contributed by atoms with Gasteiger partial charge in [0, 0.05) is 0 Å². The zero-order valence-electron chi connectivity index (χ0n) is 14.2. The summed E-state index contributed by atoms with van der Waals surface area (Å²) in [6, 6.07) is 4.89. The molecule has 0 aliphatic rings. The minimum atomic E-state index is -1.10. The molecule has 0 amide bonds. The first-order valence-electron chi connectivity index (χ1n) is 8.86. The monoisotopic (exact) mass is 322 g/mol. The van der Waals surface area contributed by atoms with E-state index in [1.165, 1.54) is 63.9 Å². The Hall–Kier alpha value is -1.55.